The van der Waals surface area contributed by atoms with Gasteiger partial charge in [-0.3, -0.25) is 4.79 Å². The van der Waals surface area contributed by atoms with Crippen molar-refractivity contribution in [3.8, 4) is 0 Å². The second-order valence-electron chi connectivity index (χ2n) is 11.3. The van der Waals surface area contributed by atoms with E-state index in [9.17, 15) is 26.4 Å². The zero-order valence-corrected chi connectivity index (χ0v) is 20.4. The van der Waals surface area contributed by atoms with E-state index in [0.29, 0.717) is 25.2 Å². The van der Waals surface area contributed by atoms with Crippen molar-refractivity contribution in [3.05, 3.63) is 29.8 Å². The first kappa shape index (κ1) is 24.1. The van der Waals surface area contributed by atoms with Gasteiger partial charge >= 0.3 is 6.18 Å². The van der Waals surface area contributed by atoms with Gasteiger partial charge in [-0.1, -0.05) is 12.1 Å². The largest absolute Gasteiger partial charge is 0.417 e. The molecule has 1 aromatic carbocycles. The van der Waals surface area contributed by atoms with E-state index in [2.05, 4.69) is 12.2 Å². The van der Waals surface area contributed by atoms with Gasteiger partial charge in [0.2, 0.25) is 15.9 Å². The zero-order valence-electron chi connectivity index (χ0n) is 19.5. The highest BCUT2D eigenvalue weighted by atomic mass is 32.2. The van der Waals surface area contributed by atoms with E-state index < -0.39 is 26.7 Å². The molecule has 1 aromatic rings. The average Bonchev–Trinajstić information content (AvgIpc) is 3.18. The Bertz CT molecular complexity index is 1070. The molecule has 5 rings (SSSR count). The predicted molar refractivity (Wildman–Crippen MR) is 123 cm³/mol. The van der Waals surface area contributed by atoms with Crippen molar-refractivity contribution < 1.29 is 27.8 Å². The van der Waals surface area contributed by atoms with E-state index >= 15 is 0 Å². The molecule has 1 N–H and O–H groups in total. The van der Waals surface area contributed by atoms with Crippen LogP contribution >= 0.6 is 0 Å². The molecular formula is C25H35F3N2O3S. The van der Waals surface area contributed by atoms with Crippen LogP contribution in [0.3, 0.4) is 0 Å². The molecule has 3 aliphatic carbocycles. The number of rotatable bonds is 5. The van der Waals surface area contributed by atoms with E-state index in [1.54, 1.807) is 0 Å². The van der Waals surface area contributed by atoms with Crippen LogP contribution in [0.2, 0.25) is 0 Å². The third kappa shape index (κ3) is 4.06. The highest BCUT2D eigenvalue weighted by molar-refractivity contribution is 7.89. The van der Waals surface area contributed by atoms with Gasteiger partial charge in [-0.2, -0.15) is 17.5 Å². The van der Waals surface area contributed by atoms with Crippen molar-refractivity contribution in [3.63, 3.8) is 0 Å². The van der Waals surface area contributed by atoms with E-state index in [1.807, 2.05) is 0 Å². The molecule has 3 bridgehead atoms. The number of hydrogen-bond donors (Lipinski definition) is 1. The summed E-state index contributed by atoms with van der Waals surface area (Å²) in [6.07, 6.45) is 3.77. The topological polar surface area (TPSA) is 66.5 Å². The normalized spacial score (nSPS) is 34.4. The second kappa shape index (κ2) is 8.22. The maximum absolute atomic E-state index is 13.4. The Hall–Kier alpha value is -1.61. The minimum absolute atomic E-state index is 0. The lowest BCUT2D eigenvalue weighted by Gasteiger charge is -2.43. The molecule has 1 amide bonds. The molecule has 5 nitrogen and oxygen atoms in total. The standard InChI is InChI=1S/C25H33F3N2O3S.H2/c1-23(14-19-12-18-6-9-24(23,15-18)16-19)29-22(31)13-17-7-10-30(11-8-17)34(32,33)21-5-3-2-4-20(21)25(26,27)28;/h2-5,17-19H,6-16H2,1H3,(H,29,31);1H. The van der Waals surface area contributed by atoms with Crippen LogP contribution in [-0.2, 0) is 21.0 Å². The molecular weight excluding hydrogens is 465 g/mol. The van der Waals surface area contributed by atoms with Crippen LogP contribution in [0, 0.1) is 23.2 Å². The van der Waals surface area contributed by atoms with Gasteiger partial charge < -0.3 is 5.32 Å². The summed E-state index contributed by atoms with van der Waals surface area (Å²) in [7, 11) is -4.26. The fourth-order valence-corrected chi connectivity index (χ4v) is 9.31. The van der Waals surface area contributed by atoms with Crippen LogP contribution in [0.1, 0.15) is 71.7 Å². The van der Waals surface area contributed by atoms with Crippen LogP contribution in [0.4, 0.5) is 13.2 Å². The average molecular weight is 501 g/mol. The molecule has 0 aromatic heterocycles. The summed E-state index contributed by atoms with van der Waals surface area (Å²) in [5, 5.41) is 3.39. The third-order valence-corrected chi connectivity index (χ3v) is 11.2. The first-order chi connectivity index (χ1) is 15.9. The molecule has 190 valence electrons. The number of nitrogens with zero attached hydrogens (tertiary/aromatic N) is 1. The number of alkyl halides is 3. The van der Waals surface area contributed by atoms with Gasteiger partial charge in [-0.15, -0.1) is 0 Å². The van der Waals surface area contributed by atoms with Gasteiger partial charge in [0.25, 0.3) is 0 Å². The second-order valence-corrected chi connectivity index (χ2v) is 13.2. The summed E-state index contributed by atoms with van der Waals surface area (Å²) in [4.78, 5) is 12.3. The highest BCUT2D eigenvalue weighted by Crippen LogP contribution is 2.65. The van der Waals surface area contributed by atoms with Crippen molar-refractivity contribution in [2.75, 3.05) is 13.1 Å². The van der Waals surface area contributed by atoms with Crippen LogP contribution in [0.15, 0.2) is 29.2 Å². The van der Waals surface area contributed by atoms with Gasteiger partial charge in [0.1, 0.15) is 0 Å². The predicted octanol–water partition coefficient (Wildman–Crippen LogP) is 5.22. The Balaban J connectivity index is 0.00000289. The maximum atomic E-state index is 13.4. The molecule has 0 radical (unpaired) electrons. The summed E-state index contributed by atoms with van der Waals surface area (Å²) < 4.78 is 67.2. The Morgan fingerprint density at radius 1 is 1.12 bits per heavy atom. The number of sulfonamides is 1. The van der Waals surface area contributed by atoms with Gasteiger partial charge in [0, 0.05) is 26.5 Å². The summed E-state index contributed by atoms with van der Waals surface area (Å²) in [5.41, 5.74) is -1.06. The number of nitrogens with one attached hydrogen (secondary N) is 1. The van der Waals surface area contributed by atoms with Crippen molar-refractivity contribution in [2.24, 2.45) is 23.2 Å². The van der Waals surface area contributed by atoms with Crippen LogP contribution in [0.25, 0.3) is 0 Å². The molecule has 9 heteroatoms. The smallest absolute Gasteiger partial charge is 0.350 e. The number of carbonyl (C=O) groups is 1. The van der Waals surface area contributed by atoms with E-state index in [-0.39, 0.29) is 37.3 Å². The molecule has 34 heavy (non-hydrogen) atoms. The van der Waals surface area contributed by atoms with Crippen LogP contribution in [0.5, 0.6) is 0 Å². The first-order valence-electron chi connectivity index (χ1n) is 12.4. The molecule has 4 aliphatic rings. The number of amides is 1. The fourth-order valence-electron chi connectivity index (χ4n) is 7.63. The SMILES string of the molecule is CC1(NC(=O)CC2CCN(S(=O)(=O)c3ccccc3C(F)(F)F)CC2)CC2CC3CCC1(C3)C2.[HH]. The lowest BCUT2D eigenvalue weighted by Crippen LogP contribution is -2.54. The van der Waals surface area contributed by atoms with E-state index in [1.165, 1.54) is 44.2 Å². The first-order valence-corrected chi connectivity index (χ1v) is 13.8. The molecule has 1 spiro atoms. The molecule has 1 saturated heterocycles. The fraction of sp³-hybridized carbons (Fsp3) is 0.720. The number of benzene rings is 1. The summed E-state index contributed by atoms with van der Waals surface area (Å²) >= 11 is 0. The lowest BCUT2D eigenvalue weighted by molar-refractivity contribution is -0.140. The highest BCUT2D eigenvalue weighted by Gasteiger charge is 2.61. The lowest BCUT2D eigenvalue weighted by atomic mass is 9.69. The van der Waals surface area contributed by atoms with Gasteiger partial charge in [0.05, 0.1) is 10.5 Å². The molecule has 4 atom stereocenters. The Kier molecular flexibility index (Phi) is 5.83. The molecule has 1 heterocycles. The van der Waals surface area contributed by atoms with Gasteiger partial charge in [-0.05, 0) is 93.6 Å². The van der Waals surface area contributed by atoms with Gasteiger partial charge in [0.15, 0.2) is 0 Å². The summed E-state index contributed by atoms with van der Waals surface area (Å²) in [5.74, 6) is 1.57. The Morgan fingerprint density at radius 2 is 1.79 bits per heavy atom. The Morgan fingerprint density at radius 3 is 2.50 bits per heavy atom. The van der Waals surface area contributed by atoms with Crippen molar-refractivity contribution in [2.45, 2.75) is 81.3 Å². The van der Waals surface area contributed by atoms with Crippen molar-refractivity contribution in [1.29, 1.82) is 0 Å². The summed E-state index contributed by atoms with van der Waals surface area (Å²) in [6.45, 7) is 2.46. The van der Waals surface area contributed by atoms with Crippen LogP contribution in [-0.4, -0.2) is 37.3 Å². The summed E-state index contributed by atoms with van der Waals surface area (Å²) in [6, 6.07) is 4.32. The number of fused-ring (bicyclic) bond motifs is 2. The number of hydrogen-bond acceptors (Lipinski definition) is 3. The monoisotopic (exact) mass is 500 g/mol. The Labute approximate surface area is 201 Å². The number of halogens is 3. The zero-order chi connectivity index (χ0) is 24.4. The molecule has 4 fully saturated rings. The van der Waals surface area contributed by atoms with E-state index in [0.717, 1.165) is 28.8 Å². The van der Waals surface area contributed by atoms with E-state index in [4.69, 9.17) is 0 Å². The molecule has 3 saturated carbocycles. The van der Waals surface area contributed by atoms with Crippen LogP contribution < -0.4 is 5.32 Å². The van der Waals surface area contributed by atoms with Crippen molar-refractivity contribution in [1.82, 2.24) is 9.62 Å². The molecule has 4 unspecified atom stereocenters. The van der Waals surface area contributed by atoms with Gasteiger partial charge in [-0.25, -0.2) is 8.42 Å². The van der Waals surface area contributed by atoms with Crippen molar-refractivity contribution >= 4 is 15.9 Å². The number of piperidine rings is 1. The maximum Gasteiger partial charge on any atom is 0.417 e. The third-order valence-electron chi connectivity index (χ3n) is 9.20. The number of carbonyl (C=O) groups excluding carboxylic acids is 1. The minimum atomic E-state index is -4.74. The minimum Gasteiger partial charge on any atom is -0.350 e. The quantitative estimate of drug-likeness (QED) is 0.603. The molecule has 1 aliphatic heterocycles.